The van der Waals surface area contributed by atoms with E-state index < -0.39 is 11.9 Å². The smallest absolute Gasteiger partial charge is 0.347 e. The highest BCUT2D eigenvalue weighted by molar-refractivity contribution is 8.13. The Morgan fingerprint density at radius 1 is 0.971 bits per heavy atom. The number of ether oxygens (including phenoxy) is 2. The third kappa shape index (κ3) is 12.4. The number of phenols is 1. The zero-order valence-electron chi connectivity index (χ0n) is 20.0. The topological polar surface area (TPSA) is 119 Å². The first-order valence-corrected chi connectivity index (χ1v) is 11.6. The minimum Gasteiger partial charge on any atom is -0.507 e. The Hall–Kier alpha value is -3.59. The Kier molecular flexibility index (Phi) is 16.0. The van der Waals surface area contributed by atoms with Crippen molar-refractivity contribution in [3.63, 3.8) is 0 Å². The van der Waals surface area contributed by atoms with Crippen LogP contribution >= 0.6 is 11.8 Å². The molecule has 34 heavy (non-hydrogen) atoms. The molecule has 0 unspecified atom stereocenters. The lowest BCUT2D eigenvalue weighted by atomic mass is 10.2. The maximum atomic E-state index is 12.0. The molecule has 0 radical (unpaired) electrons. The van der Waals surface area contributed by atoms with Crippen molar-refractivity contribution < 1.29 is 33.8 Å². The van der Waals surface area contributed by atoms with E-state index in [-0.39, 0.29) is 34.6 Å². The Bertz CT molecular complexity index is 969. The molecule has 0 fully saturated rings. The Morgan fingerprint density at radius 2 is 1.53 bits per heavy atom. The first kappa shape index (κ1) is 30.4. The summed E-state index contributed by atoms with van der Waals surface area (Å²) in [6, 6.07) is 12.6. The number of allylic oxidation sites excluding steroid dienone is 2. The van der Waals surface area contributed by atoms with E-state index in [2.05, 4.69) is 10.1 Å². The fraction of sp³-hybridized carbons (Fsp3) is 0.280. The second-order valence-electron chi connectivity index (χ2n) is 6.28. The lowest BCUT2D eigenvalue weighted by Gasteiger charge is -2.09. The van der Waals surface area contributed by atoms with Crippen molar-refractivity contribution >= 4 is 34.7 Å². The van der Waals surface area contributed by atoms with Gasteiger partial charge in [-0.3, -0.25) is 14.4 Å². The van der Waals surface area contributed by atoms with Crippen LogP contribution in [0.25, 0.3) is 0 Å². The van der Waals surface area contributed by atoms with E-state index in [0.29, 0.717) is 12.2 Å². The van der Waals surface area contributed by atoms with E-state index >= 15 is 0 Å². The molecule has 1 amide bonds. The van der Waals surface area contributed by atoms with Crippen molar-refractivity contribution in [3.8, 4) is 11.5 Å². The summed E-state index contributed by atoms with van der Waals surface area (Å²) in [4.78, 5) is 44.5. The molecule has 0 spiro atoms. The predicted octanol–water partition coefficient (Wildman–Crippen LogP) is 4.38. The van der Waals surface area contributed by atoms with Crippen LogP contribution in [0.2, 0.25) is 0 Å². The molecule has 2 aromatic carbocycles. The van der Waals surface area contributed by atoms with E-state index in [0.717, 1.165) is 11.8 Å². The maximum absolute atomic E-state index is 12.0. The van der Waals surface area contributed by atoms with Crippen molar-refractivity contribution in [2.75, 3.05) is 19.4 Å². The number of amides is 1. The normalized spacial score (nSPS) is 9.56. The van der Waals surface area contributed by atoms with Gasteiger partial charge in [-0.15, -0.1) is 0 Å². The number of phenolic OH excluding ortho intramolecular Hbond substituents is 1. The molecule has 2 N–H and O–H groups in total. The number of thioether (sulfide) groups is 1. The number of aromatic hydroxyl groups is 1. The predicted molar refractivity (Wildman–Crippen MR) is 133 cm³/mol. The van der Waals surface area contributed by atoms with Crippen LogP contribution in [0.4, 0.5) is 0 Å². The summed E-state index contributed by atoms with van der Waals surface area (Å²) in [5, 5.41) is 11.7. The highest BCUT2D eigenvalue weighted by Crippen LogP contribution is 2.24. The first-order chi connectivity index (χ1) is 16.2. The molecule has 2 rings (SSSR count). The summed E-state index contributed by atoms with van der Waals surface area (Å²) in [6.45, 7) is 7.37. The average molecular weight is 490 g/mol. The molecule has 0 aliphatic heterocycles. The van der Waals surface area contributed by atoms with Crippen molar-refractivity contribution in [2.24, 2.45) is 0 Å². The highest BCUT2D eigenvalue weighted by atomic mass is 32.2. The van der Waals surface area contributed by atoms with E-state index in [1.807, 2.05) is 26.0 Å². The van der Waals surface area contributed by atoms with Gasteiger partial charge in [-0.2, -0.15) is 0 Å². The lowest BCUT2D eigenvalue weighted by molar-refractivity contribution is -0.143. The van der Waals surface area contributed by atoms with Gasteiger partial charge in [-0.05, 0) is 51.3 Å². The first-order valence-electron chi connectivity index (χ1n) is 10.4. The molecule has 0 aliphatic rings. The summed E-state index contributed by atoms with van der Waals surface area (Å²) in [6.07, 6.45) is 5.66. The fourth-order valence-corrected chi connectivity index (χ4v) is 2.43. The SMILES string of the molecule is C/C=C\C.CCOC(=O)CNC(C)=O.CSC(=O)c1ccccc1OC(=O)c1ccccc1O. The van der Waals surface area contributed by atoms with Crippen LogP contribution in [0.15, 0.2) is 60.7 Å². The Labute approximate surface area is 204 Å². The van der Waals surface area contributed by atoms with Crippen molar-refractivity contribution in [3.05, 3.63) is 71.8 Å². The second kappa shape index (κ2) is 17.9. The van der Waals surface area contributed by atoms with Crippen LogP contribution in [0.3, 0.4) is 0 Å². The average Bonchev–Trinajstić information content (AvgIpc) is 2.83. The third-order valence-electron chi connectivity index (χ3n) is 3.74. The summed E-state index contributed by atoms with van der Waals surface area (Å²) in [5.41, 5.74) is 0.377. The van der Waals surface area contributed by atoms with E-state index in [1.54, 1.807) is 49.6 Å². The molecule has 0 saturated carbocycles. The second-order valence-corrected chi connectivity index (χ2v) is 7.05. The fourth-order valence-electron chi connectivity index (χ4n) is 2.04. The zero-order chi connectivity index (χ0) is 25.9. The van der Waals surface area contributed by atoms with Gasteiger partial charge in [-0.1, -0.05) is 48.2 Å². The number of nitrogens with one attached hydrogen (secondary N) is 1. The summed E-state index contributed by atoms with van der Waals surface area (Å²) < 4.78 is 9.74. The minimum absolute atomic E-state index is 0.0385. The van der Waals surface area contributed by atoms with Crippen molar-refractivity contribution in [1.82, 2.24) is 5.32 Å². The van der Waals surface area contributed by atoms with Gasteiger partial charge in [0.1, 0.15) is 23.6 Å². The van der Waals surface area contributed by atoms with Gasteiger partial charge in [0.05, 0.1) is 12.2 Å². The van der Waals surface area contributed by atoms with Crippen LogP contribution in [0.5, 0.6) is 11.5 Å². The molecule has 9 heteroatoms. The van der Waals surface area contributed by atoms with E-state index in [4.69, 9.17) is 4.74 Å². The Balaban J connectivity index is 0.000000652. The lowest BCUT2D eigenvalue weighted by Crippen LogP contribution is -2.28. The van der Waals surface area contributed by atoms with Gasteiger partial charge in [-0.25, -0.2) is 4.79 Å². The molecule has 0 aromatic heterocycles. The molecular weight excluding hydrogens is 458 g/mol. The zero-order valence-corrected chi connectivity index (χ0v) is 20.8. The standard InChI is InChI=1S/C15H12O4S.C6H11NO3.C4H8/c1-20-15(18)11-7-3-5-9-13(11)19-14(17)10-6-2-4-8-12(10)16;1-3-10-6(9)4-7-5(2)8;1-3-4-2/h2-9,16H,1H3;3-4H2,1-2H3,(H,7,8);3-4H,1-2H3/b;;4-3-. The number of rotatable bonds is 6. The minimum atomic E-state index is -0.704. The highest BCUT2D eigenvalue weighted by Gasteiger charge is 2.17. The molecule has 0 bridgehead atoms. The molecule has 0 heterocycles. The Morgan fingerprint density at radius 3 is 2.03 bits per heavy atom. The molecule has 0 atom stereocenters. The van der Waals surface area contributed by atoms with Crippen LogP contribution in [-0.4, -0.2) is 47.5 Å². The number of benzene rings is 2. The number of carbonyl (C=O) groups is 4. The number of para-hydroxylation sites is 2. The molecule has 2 aromatic rings. The molecule has 0 aliphatic carbocycles. The van der Waals surface area contributed by atoms with Crippen molar-refractivity contribution in [2.45, 2.75) is 27.7 Å². The van der Waals surface area contributed by atoms with Crippen LogP contribution < -0.4 is 10.1 Å². The number of carbonyl (C=O) groups excluding carboxylic acids is 4. The third-order valence-corrected chi connectivity index (χ3v) is 4.33. The van der Waals surface area contributed by atoms with Crippen molar-refractivity contribution in [1.29, 1.82) is 0 Å². The van der Waals surface area contributed by atoms with Crippen LogP contribution in [0.1, 0.15) is 48.4 Å². The summed E-state index contributed by atoms with van der Waals surface area (Å²) in [7, 11) is 0. The quantitative estimate of drug-likeness (QED) is 0.349. The van der Waals surface area contributed by atoms with Gasteiger partial charge >= 0.3 is 11.9 Å². The number of hydrogen-bond donors (Lipinski definition) is 2. The molecule has 184 valence electrons. The van der Waals surface area contributed by atoms with Gasteiger partial charge in [0, 0.05) is 6.92 Å². The van der Waals surface area contributed by atoms with Crippen LogP contribution in [0, 0.1) is 0 Å². The van der Waals surface area contributed by atoms with Crippen LogP contribution in [-0.2, 0) is 14.3 Å². The van der Waals surface area contributed by atoms with Gasteiger partial charge in [0.15, 0.2) is 0 Å². The largest absolute Gasteiger partial charge is 0.507 e. The summed E-state index contributed by atoms with van der Waals surface area (Å²) in [5.74, 6) is -1.32. The summed E-state index contributed by atoms with van der Waals surface area (Å²) >= 11 is 1.04. The maximum Gasteiger partial charge on any atom is 0.347 e. The molecule has 8 nitrogen and oxygen atoms in total. The molecule has 0 saturated heterocycles. The van der Waals surface area contributed by atoms with Gasteiger partial charge < -0.3 is 19.9 Å². The van der Waals surface area contributed by atoms with Gasteiger partial charge in [0.2, 0.25) is 11.0 Å². The van der Waals surface area contributed by atoms with Gasteiger partial charge in [0.25, 0.3) is 0 Å². The monoisotopic (exact) mass is 489 g/mol. The van der Waals surface area contributed by atoms with E-state index in [9.17, 15) is 24.3 Å². The number of hydrogen-bond acceptors (Lipinski definition) is 8. The molecular formula is C25H31NO7S. The van der Waals surface area contributed by atoms with E-state index in [1.165, 1.54) is 19.1 Å². The number of esters is 2.